The number of fused-ring (bicyclic) bond motifs is 1. The fourth-order valence-corrected chi connectivity index (χ4v) is 2.12. The highest BCUT2D eigenvalue weighted by molar-refractivity contribution is 5.80. The Labute approximate surface area is 105 Å². The van der Waals surface area contributed by atoms with Crippen LogP contribution in [0.4, 0.5) is 0 Å². The summed E-state index contributed by atoms with van der Waals surface area (Å²) in [7, 11) is 0. The van der Waals surface area contributed by atoms with Crippen LogP contribution in [0.3, 0.4) is 0 Å². The standard InChI is InChI=1S/C14H13N3O/c18-9-8-17-13-6-2-1-5-12(13)16-14(17)11-4-3-7-15-10-11/h1-7,10,18H,8-9H2. The van der Waals surface area contributed by atoms with Crippen molar-refractivity contribution in [2.24, 2.45) is 0 Å². The summed E-state index contributed by atoms with van der Waals surface area (Å²) in [4.78, 5) is 8.73. The summed E-state index contributed by atoms with van der Waals surface area (Å²) in [6, 6.07) is 11.8. The summed E-state index contributed by atoms with van der Waals surface area (Å²) < 4.78 is 2.02. The van der Waals surface area contributed by atoms with Crippen molar-refractivity contribution < 1.29 is 5.11 Å². The molecule has 0 bridgehead atoms. The Morgan fingerprint density at radius 3 is 2.78 bits per heavy atom. The van der Waals surface area contributed by atoms with Gasteiger partial charge in [0.1, 0.15) is 5.82 Å². The van der Waals surface area contributed by atoms with Gasteiger partial charge in [0.05, 0.1) is 17.6 Å². The number of rotatable bonds is 3. The lowest BCUT2D eigenvalue weighted by atomic mass is 10.2. The number of imidazole rings is 1. The van der Waals surface area contributed by atoms with Crippen LogP contribution in [0.25, 0.3) is 22.4 Å². The van der Waals surface area contributed by atoms with E-state index < -0.39 is 0 Å². The van der Waals surface area contributed by atoms with Crippen molar-refractivity contribution in [3.63, 3.8) is 0 Å². The number of hydrogen-bond donors (Lipinski definition) is 1. The number of aliphatic hydroxyl groups excluding tert-OH is 1. The first-order valence-electron chi connectivity index (χ1n) is 5.86. The molecule has 0 radical (unpaired) electrons. The number of para-hydroxylation sites is 2. The van der Waals surface area contributed by atoms with Gasteiger partial charge in [0.25, 0.3) is 0 Å². The SMILES string of the molecule is OCCn1c(-c2cccnc2)nc2ccccc21. The van der Waals surface area contributed by atoms with E-state index in [1.54, 1.807) is 12.4 Å². The second-order valence-corrected chi connectivity index (χ2v) is 4.04. The molecule has 4 heteroatoms. The highest BCUT2D eigenvalue weighted by Crippen LogP contribution is 2.23. The van der Waals surface area contributed by atoms with Gasteiger partial charge in [-0.3, -0.25) is 4.98 Å². The molecule has 0 atom stereocenters. The number of nitrogens with zero attached hydrogens (tertiary/aromatic N) is 3. The molecule has 0 fully saturated rings. The lowest BCUT2D eigenvalue weighted by Crippen LogP contribution is -2.04. The van der Waals surface area contributed by atoms with E-state index in [1.165, 1.54) is 0 Å². The van der Waals surface area contributed by atoms with Crippen molar-refractivity contribution in [2.45, 2.75) is 6.54 Å². The number of pyridine rings is 1. The van der Waals surface area contributed by atoms with E-state index in [1.807, 2.05) is 41.0 Å². The summed E-state index contributed by atoms with van der Waals surface area (Å²) in [5.41, 5.74) is 2.93. The van der Waals surface area contributed by atoms with Gasteiger partial charge in [-0.05, 0) is 24.3 Å². The molecular formula is C14H13N3O. The van der Waals surface area contributed by atoms with Gasteiger partial charge < -0.3 is 9.67 Å². The Hall–Kier alpha value is -2.20. The van der Waals surface area contributed by atoms with E-state index >= 15 is 0 Å². The van der Waals surface area contributed by atoms with Crippen LogP contribution in [0.15, 0.2) is 48.8 Å². The van der Waals surface area contributed by atoms with Crippen molar-refractivity contribution >= 4 is 11.0 Å². The summed E-state index contributed by atoms with van der Waals surface area (Å²) in [6.45, 7) is 0.623. The average molecular weight is 239 g/mol. The zero-order valence-corrected chi connectivity index (χ0v) is 9.82. The van der Waals surface area contributed by atoms with Crippen LogP contribution in [-0.2, 0) is 6.54 Å². The summed E-state index contributed by atoms with van der Waals surface area (Å²) in [6.07, 6.45) is 3.53. The van der Waals surface area contributed by atoms with Gasteiger partial charge in [-0.25, -0.2) is 4.98 Å². The van der Waals surface area contributed by atoms with Crippen molar-refractivity contribution in [1.29, 1.82) is 0 Å². The van der Waals surface area contributed by atoms with E-state index in [-0.39, 0.29) is 6.61 Å². The Morgan fingerprint density at radius 1 is 1.11 bits per heavy atom. The van der Waals surface area contributed by atoms with Gasteiger partial charge in [-0.15, -0.1) is 0 Å². The zero-order valence-electron chi connectivity index (χ0n) is 9.82. The van der Waals surface area contributed by atoms with Gasteiger partial charge >= 0.3 is 0 Å². The molecule has 18 heavy (non-hydrogen) atoms. The molecule has 2 heterocycles. The van der Waals surface area contributed by atoms with Crippen molar-refractivity contribution in [1.82, 2.24) is 14.5 Å². The molecule has 90 valence electrons. The molecular weight excluding hydrogens is 226 g/mol. The minimum Gasteiger partial charge on any atom is -0.395 e. The van der Waals surface area contributed by atoms with Crippen LogP contribution in [-0.4, -0.2) is 26.2 Å². The van der Waals surface area contributed by atoms with Gasteiger partial charge in [0.2, 0.25) is 0 Å². The molecule has 4 nitrogen and oxygen atoms in total. The lowest BCUT2D eigenvalue weighted by molar-refractivity contribution is 0.278. The third-order valence-electron chi connectivity index (χ3n) is 2.90. The topological polar surface area (TPSA) is 50.9 Å². The van der Waals surface area contributed by atoms with Crippen LogP contribution >= 0.6 is 0 Å². The Bertz CT molecular complexity index is 661. The van der Waals surface area contributed by atoms with Crippen molar-refractivity contribution in [3.8, 4) is 11.4 Å². The molecule has 0 spiro atoms. The fraction of sp³-hybridized carbons (Fsp3) is 0.143. The lowest BCUT2D eigenvalue weighted by Gasteiger charge is -2.06. The number of aliphatic hydroxyl groups is 1. The van der Waals surface area contributed by atoms with E-state index in [9.17, 15) is 5.11 Å². The maximum absolute atomic E-state index is 9.20. The first kappa shape index (κ1) is 10.9. The molecule has 0 saturated carbocycles. The Balaban J connectivity index is 2.25. The monoisotopic (exact) mass is 239 g/mol. The number of hydrogen-bond acceptors (Lipinski definition) is 3. The molecule has 0 aliphatic rings. The van der Waals surface area contributed by atoms with E-state index in [2.05, 4.69) is 9.97 Å². The summed E-state index contributed by atoms with van der Waals surface area (Å²) >= 11 is 0. The predicted molar refractivity (Wildman–Crippen MR) is 70.0 cm³/mol. The van der Waals surface area contributed by atoms with E-state index in [0.717, 1.165) is 22.4 Å². The zero-order chi connectivity index (χ0) is 12.4. The largest absolute Gasteiger partial charge is 0.395 e. The van der Waals surface area contributed by atoms with Crippen LogP contribution in [0, 0.1) is 0 Å². The Morgan fingerprint density at radius 2 is 2.00 bits per heavy atom. The highest BCUT2D eigenvalue weighted by Gasteiger charge is 2.11. The molecule has 3 rings (SSSR count). The van der Waals surface area contributed by atoms with Crippen molar-refractivity contribution in [3.05, 3.63) is 48.8 Å². The maximum Gasteiger partial charge on any atom is 0.142 e. The fourth-order valence-electron chi connectivity index (χ4n) is 2.12. The number of benzene rings is 1. The third kappa shape index (κ3) is 1.76. The predicted octanol–water partition coefficient (Wildman–Crippen LogP) is 2.09. The minimum atomic E-state index is 0.0909. The van der Waals surface area contributed by atoms with Gasteiger partial charge in [-0.1, -0.05) is 12.1 Å². The summed E-state index contributed by atoms with van der Waals surface area (Å²) in [5, 5.41) is 9.20. The van der Waals surface area contributed by atoms with E-state index in [0.29, 0.717) is 6.54 Å². The maximum atomic E-state index is 9.20. The van der Waals surface area contributed by atoms with Gasteiger partial charge in [0.15, 0.2) is 0 Å². The van der Waals surface area contributed by atoms with Crippen molar-refractivity contribution in [2.75, 3.05) is 6.61 Å². The quantitative estimate of drug-likeness (QED) is 0.761. The second-order valence-electron chi connectivity index (χ2n) is 4.04. The second kappa shape index (κ2) is 4.58. The first-order valence-corrected chi connectivity index (χ1v) is 5.86. The molecule has 0 unspecified atom stereocenters. The van der Waals surface area contributed by atoms with E-state index in [4.69, 9.17) is 0 Å². The average Bonchev–Trinajstić information content (AvgIpc) is 2.80. The molecule has 1 aromatic carbocycles. The smallest absolute Gasteiger partial charge is 0.142 e. The highest BCUT2D eigenvalue weighted by atomic mass is 16.3. The van der Waals surface area contributed by atoms with Gasteiger partial charge in [-0.2, -0.15) is 0 Å². The van der Waals surface area contributed by atoms with Crippen LogP contribution in [0.2, 0.25) is 0 Å². The molecule has 0 saturated heterocycles. The molecule has 0 aliphatic carbocycles. The van der Waals surface area contributed by atoms with Crippen LogP contribution in [0.1, 0.15) is 0 Å². The normalized spacial score (nSPS) is 10.9. The van der Waals surface area contributed by atoms with Crippen LogP contribution < -0.4 is 0 Å². The van der Waals surface area contributed by atoms with Crippen LogP contribution in [0.5, 0.6) is 0 Å². The summed E-state index contributed by atoms with van der Waals surface area (Å²) in [5.74, 6) is 0.846. The molecule has 1 N–H and O–H groups in total. The first-order chi connectivity index (χ1) is 8.90. The molecule has 0 aliphatic heterocycles. The third-order valence-corrected chi connectivity index (χ3v) is 2.90. The molecule has 0 amide bonds. The van der Waals surface area contributed by atoms with Gasteiger partial charge in [0, 0.05) is 24.5 Å². The number of aromatic nitrogens is 3. The minimum absolute atomic E-state index is 0.0909. The Kier molecular flexibility index (Phi) is 2.78. The molecule has 2 aromatic heterocycles. The molecule has 3 aromatic rings.